The van der Waals surface area contributed by atoms with Crippen LogP contribution in [0.5, 0.6) is 0 Å². The Morgan fingerprint density at radius 1 is 1.15 bits per heavy atom. The minimum atomic E-state index is -0.501. The molecule has 0 heterocycles. The third-order valence-electron chi connectivity index (χ3n) is 2.99. The highest BCUT2D eigenvalue weighted by molar-refractivity contribution is 5.94. The van der Waals surface area contributed by atoms with Crippen LogP contribution in [0.3, 0.4) is 0 Å². The summed E-state index contributed by atoms with van der Waals surface area (Å²) in [6.45, 7) is 0.594. The molecule has 104 valence electrons. The van der Waals surface area contributed by atoms with Crippen LogP contribution in [-0.4, -0.2) is 11.0 Å². The zero-order valence-corrected chi connectivity index (χ0v) is 11.0. The maximum Gasteiger partial charge on any atom is 0.248 e. The number of aliphatic hydroxyl groups is 1. The van der Waals surface area contributed by atoms with E-state index in [1.165, 1.54) is 0 Å². The molecule has 0 saturated carbocycles. The van der Waals surface area contributed by atoms with Crippen LogP contribution in [0.25, 0.3) is 0 Å². The van der Waals surface area contributed by atoms with Gasteiger partial charge in [-0.3, -0.25) is 4.79 Å². The molecule has 2 aromatic rings. The quantitative estimate of drug-likeness (QED) is 0.618. The fourth-order valence-corrected chi connectivity index (χ4v) is 1.91. The Morgan fingerprint density at radius 3 is 2.55 bits per heavy atom. The molecule has 0 aliphatic heterocycles. The van der Waals surface area contributed by atoms with Gasteiger partial charge in [-0.05, 0) is 29.3 Å². The van der Waals surface area contributed by atoms with Gasteiger partial charge in [-0.15, -0.1) is 0 Å². The number of benzene rings is 2. The predicted molar refractivity (Wildman–Crippen MR) is 79.1 cm³/mol. The van der Waals surface area contributed by atoms with Gasteiger partial charge in [0, 0.05) is 12.1 Å². The number of nitrogens with one attached hydrogen (secondary N) is 1. The van der Waals surface area contributed by atoms with Crippen LogP contribution in [0, 0.1) is 0 Å². The molecule has 0 fully saturated rings. The largest absolute Gasteiger partial charge is 0.397 e. The van der Waals surface area contributed by atoms with Gasteiger partial charge in [0.15, 0.2) is 0 Å². The summed E-state index contributed by atoms with van der Waals surface area (Å²) in [5.41, 5.74) is 14.6. The summed E-state index contributed by atoms with van der Waals surface area (Å²) in [5.74, 6) is -0.501. The second kappa shape index (κ2) is 6.08. The number of nitrogens with two attached hydrogens (primary N) is 2. The zero-order chi connectivity index (χ0) is 14.5. The van der Waals surface area contributed by atoms with Gasteiger partial charge in [0.2, 0.25) is 5.91 Å². The van der Waals surface area contributed by atoms with E-state index in [0.717, 1.165) is 16.8 Å². The lowest BCUT2D eigenvalue weighted by Gasteiger charge is -2.11. The van der Waals surface area contributed by atoms with E-state index < -0.39 is 5.91 Å². The molecule has 5 nitrogen and oxygen atoms in total. The third-order valence-corrected chi connectivity index (χ3v) is 2.99. The monoisotopic (exact) mass is 271 g/mol. The number of primary amides is 1. The summed E-state index contributed by atoms with van der Waals surface area (Å²) in [6.07, 6.45) is 0. The fraction of sp³-hybridized carbons (Fsp3) is 0.133. The van der Waals surface area contributed by atoms with Crippen LogP contribution in [0.1, 0.15) is 21.5 Å². The van der Waals surface area contributed by atoms with Gasteiger partial charge in [0.25, 0.3) is 0 Å². The van der Waals surface area contributed by atoms with E-state index >= 15 is 0 Å². The number of rotatable bonds is 5. The lowest BCUT2D eigenvalue weighted by atomic mass is 10.1. The van der Waals surface area contributed by atoms with Gasteiger partial charge >= 0.3 is 0 Å². The van der Waals surface area contributed by atoms with Crippen molar-refractivity contribution in [2.45, 2.75) is 13.2 Å². The van der Waals surface area contributed by atoms with Crippen molar-refractivity contribution in [3.05, 3.63) is 59.2 Å². The van der Waals surface area contributed by atoms with Crippen LogP contribution >= 0.6 is 0 Å². The van der Waals surface area contributed by atoms with Gasteiger partial charge < -0.3 is 21.9 Å². The Kier molecular flexibility index (Phi) is 4.22. The Labute approximate surface area is 117 Å². The molecule has 1 amide bonds. The van der Waals surface area contributed by atoms with Crippen LogP contribution in [0.2, 0.25) is 0 Å². The molecule has 6 N–H and O–H groups in total. The number of carbonyl (C=O) groups is 1. The maximum atomic E-state index is 11.0. The van der Waals surface area contributed by atoms with E-state index in [4.69, 9.17) is 16.6 Å². The molecule has 0 unspecified atom stereocenters. The van der Waals surface area contributed by atoms with Crippen LogP contribution < -0.4 is 16.8 Å². The van der Waals surface area contributed by atoms with Crippen molar-refractivity contribution in [1.82, 2.24) is 0 Å². The molecule has 20 heavy (non-hydrogen) atoms. The van der Waals surface area contributed by atoms with Crippen molar-refractivity contribution >= 4 is 17.3 Å². The first kappa shape index (κ1) is 13.9. The van der Waals surface area contributed by atoms with Crippen molar-refractivity contribution in [3.8, 4) is 0 Å². The van der Waals surface area contributed by atoms with E-state index in [1.807, 2.05) is 24.3 Å². The van der Waals surface area contributed by atoms with E-state index in [2.05, 4.69) is 5.32 Å². The van der Waals surface area contributed by atoms with Gasteiger partial charge in [-0.2, -0.15) is 0 Å². The molecule has 0 atom stereocenters. The summed E-state index contributed by atoms with van der Waals surface area (Å²) in [6, 6.07) is 12.5. The number of carbonyl (C=O) groups excluding carboxylic acids is 1. The minimum absolute atomic E-state index is 0.0172. The normalized spacial score (nSPS) is 10.2. The summed E-state index contributed by atoms with van der Waals surface area (Å²) in [5, 5.41) is 12.3. The van der Waals surface area contributed by atoms with Gasteiger partial charge in [-0.25, -0.2) is 0 Å². The lowest BCUT2D eigenvalue weighted by molar-refractivity contribution is 0.100. The maximum absolute atomic E-state index is 11.0. The molecule has 0 aliphatic rings. The zero-order valence-electron chi connectivity index (χ0n) is 11.0. The van der Waals surface area contributed by atoms with E-state index in [0.29, 0.717) is 17.8 Å². The second-order valence-electron chi connectivity index (χ2n) is 4.50. The lowest BCUT2D eigenvalue weighted by Crippen LogP contribution is -2.12. The summed E-state index contributed by atoms with van der Waals surface area (Å²) in [7, 11) is 0. The summed E-state index contributed by atoms with van der Waals surface area (Å²) < 4.78 is 0. The molecule has 0 aliphatic carbocycles. The second-order valence-corrected chi connectivity index (χ2v) is 4.50. The standard InChI is InChI=1S/C15H17N3O2/c16-13-7-12(15(17)20)4-5-14(13)18-8-10-2-1-3-11(6-10)9-19/h1-7,18-19H,8-9,16H2,(H2,17,20). The van der Waals surface area contributed by atoms with Gasteiger partial charge in [0.1, 0.15) is 0 Å². The highest BCUT2D eigenvalue weighted by atomic mass is 16.3. The number of hydrogen-bond donors (Lipinski definition) is 4. The Hall–Kier alpha value is -2.53. The molecule has 0 saturated heterocycles. The average Bonchev–Trinajstić information content (AvgIpc) is 2.46. The first-order valence-corrected chi connectivity index (χ1v) is 6.22. The smallest absolute Gasteiger partial charge is 0.248 e. The number of amides is 1. The van der Waals surface area contributed by atoms with Crippen molar-refractivity contribution in [3.63, 3.8) is 0 Å². The summed E-state index contributed by atoms with van der Waals surface area (Å²) in [4.78, 5) is 11.0. The molecule has 0 aromatic heterocycles. The van der Waals surface area contributed by atoms with Crippen molar-refractivity contribution in [1.29, 1.82) is 0 Å². The molecule has 2 rings (SSSR count). The van der Waals surface area contributed by atoms with Crippen molar-refractivity contribution in [2.75, 3.05) is 11.1 Å². The predicted octanol–water partition coefficient (Wildman–Crippen LogP) is 1.47. The van der Waals surface area contributed by atoms with Crippen molar-refractivity contribution < 1.29 is 9.90 Å². The molecule has 0 bridgehead atoms. The number of nitrogen functional groups attached to an aromatic ring is 1. The molecule has 2 aromatic carbocycles. The van der Waals surface area contributed by atoms with Gasteiger partial charge in [-0.1, -0.05) is 24.3 Å². The van der Waals surface area contributed by atoms with Gasteiger partial charge in [0.05, 0.1) is 18.0 Å². The molecule has 0 spiro atoms. The number of aliphatic hydroxyl groups excluding tert-OH is 1. The van der Waals surface area contributed by atoms with Crippen LogP contribution in [0.15, 0.2) is 42.5 Å². The highest BCUT2D eigenvalue weighted by Gasteiger charge is 2.04. The fourth-order valence-electron chi connectivity index (χ4n) is 1.91. The summed E-state index contributed by atoms with van der Waals surface area (Å²) >= 11 is 0. The first-order chi connectivity index (χ1) is 9.60. The topological polar surface area (TPSA) is 101 Å². The molecule has 0 radical (unpaired) electrons. The van der Waals surface area contributed by atoms with Crippen molar-refractivity contribution in [2.24, 2.45) is 5.73 Å². The molecular weight excluding hydrogens is 254 g/mol. The Bertz CT molecular complexity index is 626. The third kappa shape index (κ3) is 3.27. The van der Waals surface area contributed by atoms with E-state index in [1.54, 1.807) is 18.2 Å². The number of anilines is 2. The first-order valence-electron chi connectivity index (χ1n) is 6.22. The highest BCUT2D eigenvalue weighted by Crippen LogP contribution is 2.20. The average molecular weight is 271 g/mol. The Balaban J connectivity index is 2.08. The number of hydrogen-bond acceptors (Lipinski definition) is 4. The minimum Gasteiger partial charge on any atom is -0.397 e. The van der Waals surface area contributed by atoms with E-state index in [9.17, 15) is 4.79 Å². The Morgan fingerprint density at radius 2 is 1.90 bits per heavy atom. The van der Waals surface area contributed by atoms with Crippen LogP contribution in [0.4, 0.5) is 11.4 Å². The molecular formula is C15H17N3O2. The SMILES string of the molecule is NC(=O)c1ccc(NCc2cccc(CO)c2)c(N)c1. The van der Waals surface area contributed by atoms with E-state index in [-0.39, 0.29) is 6.61 Å². The van der Waals surface area contributed by atoms with Crippen LogP contribution in [-0.2, 0) is 13.2 Å². The molecule has 5 heteroatoms.